The fourth-order valence-electron chi connectivity index (χ4n) is 2.16. The standard InChI is InChI=1S/C14H10F2N2O2S/c15-7-4-5-8(9(16)6-7)13(20)18-14-17-10-2-1-3-11(19)12(10)21-14/h4-6H,1-3H2,(H,17,18,20). The van der Waals surface area contributed by atoms with E-state index < -0.39 is 17.5 Å². The van der Waals surface area contributed by atoms with E-state index in [2.05, 4.69) is 10.3 Å². The summed E-state index contributed by atoms with van der Waals surface area (Å²) >= 11 is 1.09. The number of fused-ring (bicyclic) bond motifs is 1. The first kappa shape index (κ1) is 13.8. The molecule has 0 bridgehead atoms. The van der Waals surface area contributed by atoms with E-state index in [-0.39, 0.29) is 16.5 Å². The molecule has 1 amide bonds. The number of benzene rings is 1. The van der Waals surface area contributed by atoms with E-state index in [1.807, 2.05) is 0 Å². The number of anilines is 1. The minimum Gasteiger partial charge on any atom is -0.298 e. The number of rotatable bonds is 2. The number of aromatic nitrogens is 1. The highest BCUT2D eigenvalue weighted by Gasteiger charge is 2.23. The first-order chi connectivity index (χ1) is 10.0. The minimum atomic E-state index is -0.940. The third-order valence-electron chi connectivity index (χ3n) is 3.16. The molecular formula is C14H10F2N2O2S. The van der Waals surface area contributed by atoms with Gasteiger partial charge in [-0.05, 0) is 25.0 Å². The molecule has 0 fully saturated rings. The van der Waals surface area contributed by atoms with Gasteiger partial charge in [0, 0.05) is 12.5 Å². The quantitative estimate of drug-likeness (QED) is 0.927. The monoisotopic (exact) mass is 308 g/mol. The molecule has 1 aliphatic rings. The van der Waals surface area contributed by atoms with Crippen molar-refractivity contribution >= 4 is 28.2 Å². The van der Waals surface area contributed by atoms with E-state index in [9.17, 15) is 18.4 Å². The van der Waals surface area contributed by atoms with Gasteiger partial charge < -0.3 is 0 Å². The predicted molar refractivity (Wildman–Crippen MR) is 73.7 cm³/mol. The second-order valence-electron chi connectivity index (χ2n) is 4.65. The van der Waals surface area contributed by atoms with Crippen LogP contribution >= 0.6 is 11.3 Å². The van der Waals surface area contributed by atoms with Crippen molar-refractivity contribution in [3.63, 3.8) is 0 Å². The van der Waals surface area contributed by atoms with Crippen molar-refractivity contribution in [2.75, 3.05) is 5.32 Å². The van der Waals surface area contributed by atoms with Crippen LogP contribution in [0.5, 0.6) is 0 Å². The smallest absolute Gasteiger partial charge is 0.260 e. The zero-order valence-electron chi connectivity index (χ0n) is 10.8. The van der Waals surface area contributed by atoms with Crippen LogP contribution in [0.4, 0.5) is 13.9 Å². The average Bonchev–Trinajstić information content (AvgIpc) is 2.82. The second-order valence-corrected chi connectivity index (χ2v) is 5.65. The summed E-state index contributed by atoms with van der Waals surface area (Å²) in [6, 6.07) is 2.72. The largest absolute Gasteiger partial charge is 0.298 e. The predicted octanol–water partition coefficient (Wildman–Crippen LogP) is 3.19. The molecule has 0 saturated heterocycles. The Kier molecular flexibility index (Phi) is 3.50. The van der Waals surface area contributed by atoms with Gasteiger partial charge in [-0.3, -0.25) is 14.9 Å². The summed E-state index contributed by atoms with van der Waals surface area (Å²) in [6.45, 7) is 0. The van der Waals surface area contributed by atoms with Gasteiger partial charge in [-0.2, -0.15) is 0 Å². The lowest BCUT2D eigenvalue weighted by atomic mass is 10.0. The number of ketones is 1. The molecule has 0 saturated carbocycles. The Hall–Kier alpha value is -2.15. The maximum absolute atomic E-state index is 13.5. The molecule has 1 heterocycles. The van der Waals surface area contributed by atoms with Gasteiger partial charge in [-0.15, -0.1) is 0 Å². The maximum Gasteiger partial charge on any atom is 0.260 e. The molecule has 0 radical (unpaired) electrons. The number of halogens is 2. The average molecular weight is 308 g/mol. The lowest BCUT2D eigenvalue weighted by molar-refractivity contribution is 0.0975. The van der Waals surface area contributed by atoms with Crippen molar-refractivity contribution in [2.45, 2.75) is 19.3 Å². The fourth-order valence-corrected chi connectivity index (χ4v) is 3.13. The minimum absolute atomic E-state index is 0.0159. The number of nitrogens with one attached hydrogen (secondary N) is 1. The number of carbonyl (C=O) groups excluding carboxylic acids is 2. The summed E-state index contributed by atoms with van der Waals surface area (Å²) in [4.78, 5) is 28.4. The van der Waals surface area contributed by atoms with Crippen molar-refractivity contribution in [1.29, 1.82) is 0 Å². The fraction of sp³-hybridized carbons (Fsp3) is 0.214. The molecule has 0 atom stereocenters. The molecule has 4 nitrogen and oxygen atoms in total. The lowest BCUT2D eigenvalue weighted by Crippen LogP contribution is -2.13. The lowest BCUT2D eigenvalue weighted by Gasteiger charge is -2.05. The number of thiazole rings is 1. The van der Waals surface area contributed by atoms with Crippen LogP contribution in [0.3, 0.4) is 0 Å². The first-order valence-electron chi connectivity index (χ1n) is 6.34. The number of carbonyl (C=O) groups is 2. The summed E-state index contributed by atoms with van der Waals surface area (Å²) < 4.78 is 26.3. The summed E-state index contributed by atoms with van der Waals surface area (Å²) in [6.07, 6.45) is 1.92. The number of nitrogens with zero attached hydrogens (tertiary/aromatic N) is 1. The van der Waals surface area contributed by atoms with E-state index in [1.54, 1.807) is 0 Å². The van der Waals surface area contributed by atoms with Crippen LogP contribution in [-0.2, 0) is 6.42 Å². The van der Waals surface area contributed by atoms with Crippen LogP contribution in [0.25, 0.3) is 0 Å². The van der Waals surface area contributed by atoms with Gasteiger partial charge in [0.05, 0.1) is 16.1 Å². The van der Waals surface area contributed by atoms with Crippen molar-refractivity contribution in [3.05, 3.63) is 46.0 Å². The molecule has 108 valence electrons. The molecule has 1 aliphatic carbocycles. The Balaban J connectivity index is 1.83. The SMILES string of the molecule is O=C(Nc1nc2c(s1)C(=O)CCC2)c1ccc(F)cc1F. The number of amides is 1. The van der Waals surface area contributed by atoms with Crippen LogP contribution in [0.1, 0.15) is 38.6 Å². The van der Waals surface area contributed by atoms with E-state index in [4.69, 9.17) is 0 Å². The highest BCUT2D eigenvalue weighted by atomic mass is 32.1. The summed E-state index contributed by atoms with van der Waals surface area (Å²) in [7, 11) is 0. The van der Waals surface area contributed by atoms with E-state index in [0.717, 1.165) is 29.9 Å². The number of hydrogen-bond donors (Lipinski definition) is 1. The molecule has 1 aromatic carbocycles. The zero-order valence-corrected chi connectivity index (χ0v) is 11.6. The van der Waals surface area contributed by atoms with Gasteiger partial charge >= 0.3 is 0 Å². The molecule has 0 unspecified atom stereocenters. The van der Waals surface area contributed by atoms with Crippen molar-refractivity contribution in [3.8, 4) is 0 Å². The summed E-state index contributed by atoms with van der Waals surface area (Å²) in [5.74, 6) is -2.39. The van der Waals surface area contributed by atoms with Crippen molar-refractivity contribution in [1.82, 2.24) is 4.98 Å². The number of Topliss-reactive ketones (excluding diaryl/α,β-unsaturated/α-hetero) is 1. The highest BCUT2D eigenvalue weighted by molar-refractivity contribution is 7.17. The van der Waals surface area contributed by atoms with Gasteiger partial charge in [-0.1, -0.05) is 11.3 Å². The first-order valence-corrected chi connectivity index (χ1v) is 7.15. The topological polar surface area (TPSA) is 59.1 Å². The van der Waals surface area contributed by atoms with Gasteiger partial charge in [0.1, 0.15) is 11.6 Å². The normalized spacial score (nSPS) is 13.9. The van der Waals surface area contributed by atoms with Gasteiger partial charge in [0.2, 0.25) is 0 Å². The number of aryl methyl sites for hydroxylation is 1. The molecule has 3 rings (SSSR count). The molecule has 21 heavy (non-hydrogen) atoms. The Labute approximate surface area is 122 Å². The van der Waals surface area contributed by atoms with Crippen molar-refractivity contribution in [2.24, 2.45) is 0 Å². The van der Waals surface area contributed by atoms with Gasteiger partial charge in [-0.25, -0.2) is 13.8 Å². The Morgan fingerprint density at radius 3 is 2.81 bits per heavy atom. The van der Waals surface area contributed by atoms with E-state index in [1.165, 1.54) is 0 Å². The third-order valence-corrected chi connectivity index (χ3v) is 4.22. The maximum atomic E-state index is 13.5. The molecule has 2 aromatic rings. The van der Waals surface area contributed by atoms with E-state index >= 15 is 0 Å². The van der Waals surface area contributed by atoms with Gasteiger partial charge in [0.15, 0.2) is 10.9 Å². The molecule has 0 aliphatic heterocycles. The molecule has 0 spiro atoms. The van der Waals surface area contributed by atoms with Gasteiger partial charge in [0.25, 0.3) is 5.91 Å². The highest BCUT2D eigenvalue weighted by Crippen LogP contribution is 2.29. The van der Waals surface area contributed by atoms with Crippen LogP contribution < -0.4 is 5.32 Å². The van der Waals surface area contributed by atoms with Crippen molar-refractivity contribution < 1.29 is 18.4 Å². The second kappa shape index (κ2) is 5.33. The Morgan fingerprint density at radius 1 is 1.29 bits per heavy atom. The van der Waals surface area contributed by atoms with Crippen LogP contribution in [-0.4, -0.2) is 16.7 Å². The Bertz CT molecular complexity index is 743. The third kappa shape index (κ3) is 2.69. The van der Waals surface area contributed by atoms with E-state index in [0.29, 0.717) is 29.5 Å². The molecular weight excluding hydrogens is 298 g/mol. The summed E-state index contributed by atoms with van der Waals surface area (Å²) in [5, 5.41) is 2.70. The molecule has 1 aromatic heterocycles. The van der Waals surface area contributed by atoms with Crippen LogP contribution in [0.15, 0.2) is 18.2 Å². The molecule has 7 heteroatoms. The Morgan fingerprint density at radius 2 is 2.10 bits per heavy atom. The zero-order chi connectivity index (χ0) is 15.0. The summed E-state index contributed by atoms with van der Waals surface area (Å²) in [5.41, 5.74) is 0.405. The number of hydrogen-bond acceptors (Lipinski definition) is 4. The molecule has 1 N–H and O–H groups in total. The van der Waals surface area contributed by atoms with Crippen LogP contribution in [0.2, 0.25) is 0 Å². The van der Waals surface area contributed by atoms with Crippen LogP contribution in [0, 0.1) is 11.6 Å².